The fraction of sp³-hybridized carbons (Fsp3) is 0.0667. The maximum atomic E-state index is 4.25. The Morgan fingerprint density at radius 3 is 2.21 bits per heavy atom. The molecule has 0 unspecified atom stereocenters. The molecule has 1 aromatic heterocycles. The van der Waals surface area contributed by atoms with Crippen molar-refractivity contribution >= 4 is 22.6 Å². The maximum absolute atomic E-state index is 4.25. The summed E-state index contributed by atoms with van der Waals surface area (Å²) in [5.74, 6) is 0. The minimum atomic E-state index is 0.737. The highest BCUT2D eigenvalue weighted by Crippen LogP contribution is 2.23. The maximum Gasteiger partial charge on any atom is 0.151 e. The lowest BCUT2D eigenvalue weighted by atomic mass is 10.1. The third-order valence-electron chi connectivity index (χ3n) is 2.92. The Bertz CT molecular complexity index is 662. The Morgan fingerprint density at radius 2 is 1.53 bits per heavy atom. The standard InChI is InChI=1S/C15H12IN3/c16-15-14(13-9-5-2-6-10-13)19(18-17-15)11-12-7-3-1-4-8-12/h1-10H,11H2. The van der Waals surface area contributed by atoms with Crippen molar-refractivity contribution in [3.8, 4) is 11.3 Å². The van der Waals surface area contributed by atoms with Crippen LogP contribution in [0.4, 0.5) is 0 Å². The number of hydrogen-bond donors (Lipinski definition) is 0. The molecule has 0 fully saturated rings. The van der Waals surface area contributed by atoms with E-state index in [2.05, 4.69) is 57.2 Å². The van der Waals surface area contributed by atoms with Crippen LogP contribution >= 0.6 is 22.6 Å². The van der Waals surface area contributed by atoms with Crippen LogP contribution in [0, 0.1) is 3.70 Å². The van der Waals surface area contributed by atoms with Crippen molar-refractivity contribution < 1.29 is 0 Å². The predicted octanol–water partition coefficient (Wildman–Crippen LogP) is 3.60. The minimum Gasteiger partial charge on any atom is -0.239 e. The van der Waals surface area contributed by atoms with Crippen LogP contribution in [0.2, 0.25) is 0 Å². The number of benzene rings is 2. The molecule has 0 saturated heterocycles. The first-order chi connectivity index (χ1) is 9.34. The molecule has 94 valence electrons. The van der Waals surface area contributed by atoms with Crippen molar-refractivity contribution in [2.45, 2.75) is 6.54 Å². The van der Waals surface area contributed by atoms with Gasteiger partial charge >= 0.3 is 0 Å². The van der Waals surface area contributed by atoms with E-state index in [4.69, 9.17) is 0 Å². The van der Waals surface area contributed by atoms with E-state index in [0.29, 0.717) is 0 Å². The van der Waals surface area contributed by atoms with Gasteiger partial charge in [0, 0.05) is 5.56 Å². The molecule has 3 nitrogen and oxygen atoms in total. The number of nitrogens with zero attached hydrogens (tertiary/aromatic N) is 3. The number of halogens is 1. The summed E-state index contributed by atoms with van der Waals surface area (Å²) in [4.78, 5) is 0. The van der Waals surface area contributed by atoms with Crippen molar-refractivity contribution in [2.24, 2.45) is 0 Å². The third kappa shape index (κ3) is 2.68. The van der Waals surface area contributed by atoms with Crippen molar-refractivity contribution in [2.75, 3.05) is 0 Å². The van der Waals surface area contributed by atoms with E-state index in [9.17, 15) is 0 Å². The number of aromatic nitrogens is 3. The summed E-state index contributed by atoms with van der Waals surface area (Å²) in [6, 6.07) is 20.6. The minimum absolute atomic E-state index is 0.737. The molecule has 2 aromatic carbocycles. The average Bonchev–Trinajstić information content (AvgIpc) is 2.82. The fourth-order valence-corrected chi connectivity index (χ4v) is 2.71. The van der Waals surface area contributed by atoms with Crippen LogP contribution < -0.4 is 0 Å². The van der Waals surface area contributed by atoms with E-state index in [1.165, 1.54) is 5.56 Å². The highest BCUT2D eigenvalue weighted by atomic mass is 127. The molecule has 0 N–H and O–H groups in total. The van der Waals surface area contributed by atoms with Crippen LogP contribution in [-0.2, 0) is 6.54 Å². The van der Waals surface area contributed by atoms with Gasteiger partial charge in [0.15, 0.2) is 3.70 Å². The number of hydrogen-bond acceptors (Lipinski definition) is 2. The lowest BCUT2D eigenvalue weighted by molar-refractivity contribution is 0.655. The molecule has 0 amide bonds. The van der Waals surface area contributed by atoms with Crippen LogP contribution in [0.5, 0.6) is 0 Å². The highest BCUT2D eigenvalue weighted by Gasteiger charge is 2.12. The first-order valence-corrected chi connectivity index (χ1v) is 7.11. The Labute approximate surface area is 125 Å². The summed E-state index contributed by atoms with van der Waals surface area (Å²) >= 11 is 2.23. The van der Waals surface area contributed by atoms with Gasteiger partial charge in [-0.15, -0.1) is 5.10 Å². The van der Waals surface area contributed by atoms with Gasteiger partial charge in [-0.05, 0) is 28.2 Å². The molecular weight excluding hydrogens is 349 g/mol. The first-order valence-electron chi connectivity index (χ1n) is 6.03. The zero-order valence-corrected chi connectivity index (χ0v) is 12.4. The molecule has 0 spiro atoms. The van der Waals surface area contributed by atoms with E-state index < -0.39 is 0 Å². The normalized spacial score (nSPS) is 10.6. The van der Waals surface area contributed by atoms with Crippen molar-refractivity contribution in [1.82, 2.24) is 15.0 Å². The van der Waals surface area contributed by atoms with Gasteiger partial charge in [0.2, 0.25) is 0 Å². The lowest BCUT2D eigenvalue weighted by Gasteiger charge is -2.07. The average molecular weight is 361 g/mol. The van der Waals surface area contributed by atoms with Gasteiger partial charge in [0.1, 0.15) is 5.69 Å². The second-order valence-corrected chi connectivity index (χ2v) is 5.26. The van der Waals surface area contributed by atoms with Gasteiger partial charge in [-0.1, -0.05) is 65.9 Å². The summed E-state index contributed by atoms with van der Waals surface area (Å²) in [7, 11) is 0. The Morgan fingerprint density at radius 1 is 0.895 bits per heavy atom. The monoisotopic (exact) mass is 361 g/mol. The van der Waals surface area contributed by atoms with Crippen molar-refractivity contribution in [3.63, 3.8) is 0 Å². The quantitative estimate of drug-likeness (QED) is 0.668. The second-order valence-electron chi connectivity index (χ2n) is 4.24. The van der Waals surface area contributed by atoms with E-state index in [1.807, 2.05) is 41.1 Å². The highest BCUT2D eigenvalue weighted by molar-refractivity contribution is 14.1. The summed E-state index contributed by atoms with van der Waals surface area (Å²) in [5, 5.41) is 8.44. The summed E-state index contributed by atoms with van der Waals surface area (Å²) < 4.78 is 2.88. The number of rotatable bonds is 3. The van der Waals surface area contributed by atoms with Crippen molar-refractivity contribution in [1.29, 1.82) is 0 Å². The van der Waals surface area contributed by atoms with Gasteiger partial charge in [-0.3, -0.25) is 0 Å². The fourth-order valence-electron chi connectivity index (χ4n) is 2.02. The zero-order chi connectivity index (χ0) is 13.1. The molecule has 0 atom stereocenters. The second kappa shape index (κ2) is 5.52. The van der Waals surface area contributed by atoms with Gasteiger partial charge in [0.25, 0.3) is 0 Å². The summed E-state index contributed by atoms with van der Waals surface area (Å²) in [5.41, 5.74) is 3.44. The molecule has 3 rings (SSSR count). The third-order valence-corrected chi connectivity index (χ3v) is 3.64. The first kappa shape index (κ1) is 12.3. The molecule has 3 aromatic rings. The van der Waals surface area contributed by atoms with Crippen LogP contribution in [-0.4, -0.2) is 15.0 Å². The molecule has 4 heteroatoms. The molecule has 0 aliphatic heterocycles. The van der Waals surface area contributed by atoms with Crippen LogP contribution in [0.1, 0.15) is 5.56 Å². The summed E-state index contributed by atoms with van der Waals surface area (Å²) in [6.45, 7) is 0.737. The molecule has 0 saturated carbocycles. The molecule has 0 bridgehead atoms. The van der Waals surface area contributed by atoms with Crippen LogP contribution in [0.25, 0.3) is 11.3 Å². The van der Waals surface area contributed by atoms with E-state index in [1.54, 1.807) is 0 Å². The van der Waals surface area contributed by atoms with Gasteiger partial charge in [0.05, 0.1) is 6.54 Å². The molecule has 0 radical (unpaired) electrons. The Kier molecular flexibility index (Phi) is 3.59. The molecule has 0 aliphatic carbocycles. The molecular formula is C15H12IN3. The zero-order valence-electron chi connectivity index (χ0n) is 10.2. The van der Waals surface area contributed by atoms with E-state index >= 15 is 0 Å². The SMILES string of the molecule is Ic1nnn(Cc2ccccc2)c1-c1ccccc1. The topological polar surface area (TPSA) is 30.7 Å². The molecule has 1 heterocycles. The van der Waals surface area contributed by atoms with Crippen molar-refractivity contribution in [3.05, 3.63) is 69.9 Å². The van der Waals surface area contributed by atoms with Gasteiger partial charge in [-0.2, -0.15) is 0 Å². The van der Waals surface area contributed by atoms with Gasteiger partial charge in [-0.25, -0.2) is 4.68 Å². The van der Waals surface area contributed by atoms with Crippen LogP contribution in [0.3, 0.4) is 0 Å². The Hall–Kier alpha value is -1.69. The van der Waals surface area contributed by atoms with Gasteiger partial charge < -0.3 is 0 Å². The van der Waals surface area contributed by atoms with Crippen LogP contribution in [0.15, 0.2) is 60.7 Å². The van der Waals surface area contributed by atoms with E-state index in [-0.39, 0.29) is 0 Å². The smallest absolute Gasteiger partial charge is 0.151 e. The predicted molar refractivity (Wildman–Crippen MR) is 83.7 cm³/mol. The summed E-state index contributed by atoms with van der Waals surface area (Å²) in [6.07, 6.45) is 0. The largest absolute Gasteiger partial charge is 0.239 e. The molecule has 19 heavy (non-hydrogen) atoms. The lowest BCUT2D eigenvalue weighted by Crippen LogP contribution is -2.04. The molecule has 0 aliphatic rings. The van der Waals surface area contributed by atoms with E-state index in [0.717, 1.165) is 21.5 Å². The Balaban J connectivity index is 2.00.